The monoisotopic (exact) mass is 239 g/mol. The Bertz CT molecular complexity index is 334. The van der Waals surface area contributed by atoms with Crippen LogP contribution in [-0.2, 0) is 17.6 Å². The summed E-state index contributed by atoms with van der Waals surface area (Å²) < 4.78 is 0. The zero-order chi connectivity index (χ0) is 12.0. The number of carbonyl (C=O) groups is 1. The van der Waals surface area contributed by atoms with E-state index in [0.717, 1.165) is 12.0 Å². The largest absolute Gasteiger partial charge is 0.368 e. The minimum atomic E-state index is -0.610. The van der Waals surface area contributed by atoms with E-state index in [1.807, 2.05) is 12.1 Å². The van der Waals surface area contributed by atoms with Gasteiger partial charge in [-0.2, -0.15) is 0 Å². The lowest BCUT2D eigenvalue weighted by Gasteiger charge is -2.06. The van der Waals surface area contributed by atoms with Crippen LogP contribution in [0.3, 0.4) is 0 Å². The van der Waals surface area contributed by atoms with Crippen molar-refractivity contribution < 1.29 is 4.79 Å². The van der Waals surface area contributed by atoms with E-state index in [2.05, 4.69) is 19.1 Å². The number of carbonyl (C=O) groups excluding carboxylic acids is 1. The quantitative estimate of drug-likeness (QED) is 0.762. The van der Waals surface area contributed by atoms with E-state index >= 15 is 0 Å². The minimum Gasteiger partial charge on any atom is -0.368 e. The van der Waals surface area contributed by atoms with Gasteiger partial charge in [0.1, 0.15) is 5.38 Å². The maximum Gasteiger partial charge on any atom is 0.235 e. The second-order valence-corrected chi connectivity index (χ2v) is 4.52. The first-order chi connectivity index (χ1) is 7.63. The molecule has 0 fully saturated rings. The number of unbranched alkanes of at least 4 members (excludes halogenated alkanes) is 1. The topological polar surface area (TPSA) is 43.1 Å². The molecule has 2 N–H and O–H groups in total. The van der Waals surface area contributed by atoms with Crippen molar-refractivity contribution in [1.29, 1.82) is 0 Å². The van der Waals surface area contributed by atoms with Gasteiger partial charge in [-0.25, -0.2) is 0 Å². The molecule has 88 valence electrons. The summed E-state index contributed by atoms with van der Waals surface area (Å²) in [5.74, 6) is -0.461. The van der Waals surface area contributed by atoms with Crippen LogP contribution in [0.25, 0.3) is 0 Å². The summed E-state index contributed by atoms with van der Waals surface area (Å²) in [7, 11) is 0. The molecule has 1 atom stereocenters. The number of alkyl halides is 1. The number of amides is 1. The fraction of sp³-hybridized carbons (Fsp3) is 0.462. The molecule has 1 aromatic carbocycles. The Balaban J connectivity index is 2.54. The van der Waals surface area contributed by atoms with Gasteiger partial charge in [0.15, 0.2) is 0 Å². The molecule has 1 rings (SSSR count). The summed E-state index contributed by atoms with van der Waals surface area (Å²) in [6, 6.07) is 8.22. The van der Waals surface area contributed by atoms with Crippen molar-refractivity contribution in [2.75, 3.05) is 0 Å². The molecule has 0 saturated carbocycles. The number of hydrogen-bond acceptors (Lipinski definition) is 1. The summed E-state index contributed by atoms with van der Waals surface area (Å²) in [5, 5.41) is -0.610. The van der Waals surface area contributed by atoms with Gasteiger partial charge in [0.05, 0.1) is 0 Å². The first-order valence-electron chi connectivity index (χ1n) is 5.64. The molecule has 1 aromatic rings. The van der Waals surface area contributed by atoms with Crippen LogP contribution in [0.4, 0.5) is 0 Å². The van der Waals surface area contributed by atoms with Gasteiger partial charge in [-0.1, -0.05) is 37.6 Å². The Morgan fingerprint density at radius 3 is 2.38 bits per heavy atom. The number of hydrogen-bond donors (Lipinski definition) is 1. The highest BCUT2D eigenvalue weighted by atomic mass is 35.5. The van der Waals surface area contributed by atoms with Crippen molar-refractivity contribution in [2.24, 2.45) is 5.73 Å². The van der Waals surface area contributed by atoms with Crippen LogP contribution in [0.2, 0.25) is 0 Å². The molecule has 0 bridgehead atoms. The first kappa shape index (κ1) is 13.0. The fourth-order valence-corrected chi connectivity index (χ4v) is 1.71. The van der Waals surface area contributed by atoms with Gasteiger partial charge in [-0.15, -0.1) is 11.6 Å². The van der Waals surface area contributed by atoms with Crippen LogP contribution in [0.5, 0.6) is 0 Å². The van der Waals surface area contributed by atoms with Crippen molar-refractivity contribution in [3.63, 3.8) is 0 Å². The van der Waals surface area contributed by atoms with Gasteiger partial charge in [0, 0.05) is 0 Å². The lowest BCUT2D eigenvalue weighted by Crippen LogP contribution is -2.25. The summed E-state index contributed by atoms with van der Waals surface area (Å²) in [4.78, 5) is 10.8. The summed E-state index contributed by atoms with van der Waals surface area (Å²) >= 11 is 5.80. The molecular formula is C13H18ClNO. The van der Waals surface area contributed by atoms with Crippen molar-refractivity contribution in [3.8, 4) is 0 Å². The average molecular weight is 240 g/mol. The average Bonchev–Trinajstić information content (AvgIpc) is 2.28. The zero-order valence-electron chi connectivity index (χ0n) is 9.58. The van der Waals surface area contributed by atoms with Gasteiger partial charge in [-0.05, 0) is 30.4 Å². The molecule has 0 aromatic heterocycles. The number of nitrogens with two attached hydrogens (primary N) is 1. The summed E-state index contributed by atoms with van der Waals surface area (Å²) in [5.41, 5.74) is 7.49. The molecule has 2 nitrogen and oxygen atoms in total. The highest BCUT2D eigenvalue weighted by Crippen LogP contribution is 2.11. The van der Waals surface area contributed by atoms with Crippen molar-refractivity contribution >= 4 is 17.5 Å². The maximum atomic E-state index is 10.8. The highest BCUT2D eigenvalue weighted by Gasteiger charge is 2.11. The standard InChI is InChI=1S/C13H18ClNO/c1-2-3-4-10-5-7-11(8-6-10)9-12(14)13(15)16/h5-8,12H,2-4,9H2,1H3,(H2,15,16). The second-order valence-electron chi connectivity index (χ2n) is 3.99. The van der Waals surface area contributed by atoms with E-state index in [-0.39, 0.29) is 0 Å². The Morgan fingerprint density at radius 2 is 1.88 bits per heavy atom. The number of aryl methyl sites for hydroxylation is 1. The van der Waals surface area contributed by atoms with Gasteiger partial charge >= 0.3 is 0 Å². The van der Waals surface area contributed by atoms with Crippen molar-refractivity contribution in [3.05, 3.63) is 35.4 Å². The Hall–Kier alpha value is -1.02. The smallest absolute Gasteiger partial charge is 0.235 e. The third kappa shape index (κ3) is 4.23. The van der Waals surface area contributed by atoms with E-state index in [1.54, 1.807) is 0 Å². The van der Waals surface area contributed by atoms with E-state index in [9.17, 15) is 4.79 Å². The van der Waals surface area contributed by atoms with Crippen molar-refractivity contribution in [2.45, 2.75) is 38.0 Å². The van der Waals surface area contributed by atoms with Crippen LogP contribution in [0.1, 0.15) is 30.9 Å². The molecule has 3 heteroatoms. The number of rotatable bonds is 6. The molecule has 0 radical (unpaired) electrons. The number of primary amides is 1. The van der Waals surface area contributed by atoms with Crippen LogP contribution in [0, 0.1) is 0 Å². The Morgan fingerprint density at radius 1 is 1.31 bits per heavy atom. The SMILES string of the molecule is CCCCc1ccc(CC(Cl)C(N)=O)cc1. The normalized spacial score (nSPS) is 12.4. The maximum absolute atomic E-state index is 10.8. The van der Waals surface area contributed by atoms with Crippen LogP contribution in [0.15, 0.2) is 24.3 Å². The highest BCUT2D eigenvalue weighted by molar-refractivity contribution is 6.30. The lowest BCUT2D eigenvalue weighted by molar-refractivity contribution is -0.117. The van der Waals surface area contributed by atoms with Crippen LogP contribution < -0.4 is 5.73 Å². The third-order valence-corrected chi connectivity index (χ3v) is 2.93. The first-order valence-corrected chi connectivity index (χ1v) is 6.08. The molecule has 16 heavy (non-hydrogen) atoms. The van der Waals surface area contributed by atoms with E-state index < -0.39 is 11.3 Å². The number of halogens is 1. The van der Waals surface area contributed by atoms with Gasteiger partial charge in [-0.3, -0.25) is 4.79 Å². The molecule has 1 unspecified atom stereocenters. The summed E-state index contributed by atoms with van der Waals surface area (Å²) in [6.45, 7) is 2.18. The molecule has 1 amide bonds. The summed E-state index contributed by atoms with van der Waals surface area (Å²) in [6.07, 6.45) is 4.02. The predicted octanol–water partition coefficient (Wildman–Crippen LogP) is 2.66. The number of benzene rings is 1. The van der Waals surface area contributed by atoms with Gasteiger partial charge in [0.25, 0.3) is 0 Å². The van der Waals surface area contributed by atoms with E-state index in [4.69, 9.17) is 17.3 Å². The zero-order valence-corrected chi connectivity index (χ0v) is 10.3. The van der Waals surface area contributed by atoms with Gasteiger partial charge in [0.2, 0.25) is 5.91 Å². The molecule has 0 aliphatic heterocycles. The molecular weight excluding hydrogens is 222 g/mol. The van der Waals surface area contributed by atoms with Crippen LogP contribution >= 0.6 is 11.6 Å². The minimum absolute atomic E-state index is 0.461. The van der Waals surface area contributed by atoms with Crippen LogP contribution in [-0.4, -0.2) is 11.3 Å². The van der Waals surface area contributed by atoms with Crippen molar-refractivity contribution in [1.82, 2.24) is 0 Å². The Labute approximate surface area is 102 Å². The second kappa shape index (κ2) is 6.54. The third-order valence-electron chi connectivity index (χ3n) is 2.57. The molecule has 0 aliphatic rings. The molecule has 0 saturated heterocycles. The molecule has 0 aliphatic carbocycles. The lowest BCUT2D eigenvalue weighted by atomic mass is 10.0. The fourth-order valence-electron chi connectivity index (χ4n) is 1.53. The molecule has 0 heterocycles. The van der Waals surface area contributed by atoms with E-state index in [0.29, 0.717) is 6.42 Å². The predicted molar refractivity (Wildman–Crippen MR) is 67.6 cm³/mol. The van der Waals surface area contributed by atoms with Gasteiger partial charge < -0.3 is 5.73 Å². The molecule has 0 spiro atoms. The van der Waals surface area contributed by atoms with E-state index in [1.165, 1.54) is 18.4 Å². The Kier molecular flexibility index (Phi) is 5.33.